The predicted molar refractivity (Wildman–Crippen MR) is 71.2 cm³/mol. The summed E-state index contributed by atoms with van der Waals surface area (Å²) in [6, 6.07) is 1.80. The predicted octanol–water partition coefficient (Wildman–Crippen LogP) is 0.612. The van der Waals surface area contributed by atoms with E-state index in [4.69, 9.17) is 10.2 Å². The average Bonchev–Trinajstić information content (AvgIpc) is 3.03. The number of tetrazole rings is 1. The van der Waals surface area contributed by atoms with Gasteiger partial charge in [0.25, 0.3) is 0 Å². The normalized spacial score (nSPS) is 10.8. The topological polar surface area (TPSA) is 109 Å². The van der Waals surface area contributed by atoms with Crippen LogP contribution in [0.3, 0.4) is 0 Å². The highest BCUT2D eigenvalue weighted by atomic mass is 32.2. The Kier molecular flexibility index (Phi) is 4.74. The maximum absolute atomic E-state index is 11.4. The van der Waals surface area contributed by atoms with Gasteiger partial charge in [-0.15, -0.1) is 5.10 Å². The first-order valence-corrected chi connectivity index (χ1v) is 6.91. The molecule has 0 bridgehead atoms. The van der Waals surface area contributed by atoms with Crippen molar-refractivity contribution in [2.45, 2.75) is 24.4 Å². The first kappa shape index (κ1) is 14.5. The van der Waals surface area contributed by atoms with Gasteiger partial charge < -0.3 is 14.9 Å². The van der Waals surface area contributed by atoms with E-state index in [-0.39, 0.29) is 5.76 Å². The first-order valence-electron chi connectivity index (χ1n) is 5.92. The number of nitrogens with two attached hydrogens (primary N) is 1. The number of ether oxygens (including phenoxy) is 1. The van der Waals surface area contributed by atoms with E-state index < -0.39 is 5.97 Å². The summed E-state index contributed by atoms with van der Waals surface area (Å²) >= 11 is 1.41. The van der Waals surface area contributed by atoms with Crippen LogP contribution in [0.25, 0.3) is 0 Å². The lowest BCUT2D eigenvalue weighted by atomic mass is 10.3. The number of hydrogen-bond acceptors (Lipinski definition) is 8. The summed E-state index contributed by atoms with van der Waals surface area (Å²) in [4.78, 5) is 11.4. The molecule has 0 saturated heterocycles. The van der Waals surface area contributed by atoms with Crippen molar-refractivity contribution >= 4 is 17.7 Å². The van der Waals surface area contributed by atoms with Crippen LogP contribution >= 0.6 is 11.8 Å². The summed E-state index contributed by atoms with van der Waals surface area (Å²) in [6.07, 6.45) is 0. The molecule has 2 N–H and O–H groups in total. The zero-order chi connectivity index (χ0) is 14.5. The molecule has 20 heavy (non-hydrogen) atoms. The molecule has 8 nitrogen and oxygen atoms in total. The SMILES string of the molecule is COC(=O)c1oc(CSc2nnnn2CCN)cc1C. The van der Waals surface area contributed by atoms with Crippen LogP contribution < -0.4 is 5.73 Å². The van der Waals surface area contributed by atoms with E-state index in [1.54, 1.807) is 17.7 Å². The van der Waals surface area contributed by atoms with Gasteiger partial charge in [-0.05, 0) is 23.4 Å². The first-order chi connectivity index (χ1) is 9.65. The van der Waals surface area contributed by atoms with Gasteiger partial charge in [0.1, 0.15) is 5.76 Å². The van der Waals surface area contributed by atoms with Crippen molar-refractivity contribution in [2.24, 2.45) is 5.73 Å². The molecule has 2 rings (SSSR count). The number of thioether (sulfide) groups is 1. The molecule has 0 aliphatic heterocycles. The number of nitrogens with zero attached hydrogens (tertiary/aromatic N) is 4. The van der Waals surface area contributed by atoms with E-state index in [9.17, 15) is 4.79 Å². The van der Waals surface area contributed by atoms with Crippen molar-refractivity contribution in [1.82, 2.24) is 20.2 Å². The minimum absolute atomic E-state index is 0.227. The van der Waals surface area contributed by atoms with E-state index in [1.165, 1.54) is 18.9 Å². The molecule has 9 heteroatoms. The zero-order valence-electron chi connectivity index (χ0n) is 11.2. The van der Waals surface area contributed by atoms with Gasteiger partial charge >= 0.3 is 5.97 Å². The Morgan fingerprint density at radius 1 is 1.60 bits per heavy atom. The maximum Gasteiger partial charge on any atom is 0.374 e. The number of rotatable bonds is 6. The Morgan fingerprint density at radius 2 is 2.40 bits per heavy atom. The molecular weight excluding hydrogens is 282 g/mol. The summed E-state index contributed by atoms with van der Waals surface area (Å²) in [6.45, 7) is 2.81. The van der Waals surface area contributed by atoms with Crippen molar-refractivity contribution in [1.29, 1.82) is 0 Å². The Labute approximate surface area is 119 Å². The number of furan rings is 1. The fraction of sp³-hybridized carbons (Fsp3) is 0.455. The molecule has 108 valence electrons. The third kappa shape index (κ3) is 3.17. The molecule has 0 radical (unpaired) electrons. The molecule has 0 aromatic carbocycles. The van der Waals surface area contributed by atoms with Crippen molar-refractivity contribution in [2.75, 3.05) is 13.7 Å². The average molecular weight is 297 g/mol. The second kappa shape index (κ2) is 6.53. The minimum Gasteiger partial charge on any atom is -0.463 e. The molecule has 0 atom stereocenters. The number of hydrogen-bond donors (Lipinski definition) is 1. The van der Waals surface area contributed by atoms with E-state index >= 15 is 0 Å². The highest BCUT2D eigenvalue weighted by Crippen LogP contribution is 2.23. The molecule has 2 aromatic rings. The Hall–Kier alpha value is -1.87. The van der Waals surface area contributed by atoms with Gasteiger partial charge in [-0.1, -0.05) is 11.8 Å². The fourth-order valence-corrected chi connectivity index (χ4v) is 2.40. The van der Waals surface area contributed by atoms with Crippen LogP contribution in [0.15, 0.2) is 15.6 Å². The molecule has 0 saturated carbocycles. The zero-order valence-corrected chi connectivity index (χ0v) is 12.0. The third-order valence-electron chi connectivity index (χ3n) is 2.52. The van der Waals surface area contributed by atoms with Crippen LogP contribution in [0.5, 0.6) is 0 Å². The highest BCUT2D eigenvalue weighted by Gasteiger charge is 2.17. The van der Waals surface area contributed by atoms with Gasteiger partial charge in [0.05, 0.1) is 19.4 Å². The highest BCUT2D eigenvalue weighted by molar-refractivity contribution is 7.98. The second-order valence-corrected chi connectivity index (χ2v) is 4.92. The van der Waals surface area contributed by atoms with E-state index in [0.29, 0.717) is 29.8 Å². The smallest absolute Gasteiger partial charge is 0.374 e. The minimum atomic E-state index is -0.480. The third-order valence-corrected chi connectivity index (χ3v) is 3.50. The summed E-state index contributed by atoms with van der Waals surface area (Å²) in [5.41, 5.74) is 6.22. The quantitative estimate of drug-likeness (QED) is 0.610. The van der Waals surface area contributed by atoms with Gasteiger partial charge in [-0.3, -0.25) is 0 Å². The fourth-order valence-electron chi connectivity index (χ4n) is 1.61. The lowest BCUT2D eigenvalue weighted by Crippen LogP contribution is -2.12. The number of esters is 1. The number of aryl methyl sites for hydroxylation is 1. The van der Waals surface area contributed by atoms with Gasteiger partial charge in [0, 0.05) is 12.1 Å². The van der Waals surface area contributed by atoms with Crippen molar-refractivity contribution in [3.05, 3.63) is 23.2 Å². The summed E-state index contributed by atoms with van der Waals surface area (Å²) in [5.74, 6) is 0.926. The van der Waals surface area contributed by atoms with Gasteiger partial charge in [0.15, 0.2) is 0 Å². The lowest BCUT2D eigenvalue weighted by Gasteiger charge is -2.00. The molecule has 2 aromatic heterocycles. The number of carbonyl (C=O) groups excluding carboxylic acids is 1. The number of carbonyl (C=O) groups is 1. The van der Waals surface area contributed by atoms with E-state index in [2.05, 4.69) is 20.3 Å². The molecule has 0 aliphatic carbocycles. The van der Waals surface area contributed by atoms with Crippen LogP contribution in [0.1, 0.15) is 21.9 Å². The largest absolute Gasteiger partial charge is 0.463 e. The lowest BCUT2D eigenvalue weighted by molar-refractivity contribution is 0.0562. The van der Waals surface area contributed by atoms with Gasteiger partial charge in [-0.2, -0.15) is 0 Å². The Bertz CT molecular complexity index is 595. The van der Waals surface area contributed by atoms with Gasteiger partial charge in [0.2, 0.25) is 10.9 Å². The standard InChI is InChI=1S/C11H15N5O3S/c1-7-5-8(19-9(7)10(17)18-2)6-20-11-13-14-15-16(11)4-3-12/h5H,3-4,6,12H2,1-2H3. The van der Waals surface area contributed by atoms with Crippen LogP contribution in [0, 0.1) is 6.92 Å². The van der Waals surface area contributed by atoms with Crippen molar-refractivity contribution in [3.63, 3.8) is 0 Å². The molecular formula is C11H15N5O3S. The summed E-state index contributed by atoms with van der Waals surface area (Å²) in [5, 5.41) is 12.0. The Balaban J connectivity index is 2.04. The number of methoxy groups -OCH3 is 1. The van der Waals surface area contributed by atoms with Crippen molar-refractivity contribution < 1.29 is 13.9 Å². The Morgan fingerprint density at radius 3 is 3.10 bits per heavy atom. The molecule has 0 fully saturated rings. The van der Waals surface area contributed by atoms with E-state index in [0.717, 1.165) is 5.56 Å². The monoisotopic (exact) mass is 297 g/mol. The van der Waals surface area contributed by atoms with Crippen LogP contribution in [-0.4, -0.2) is 39.8 Å². The van der Waals surface area contributed by atoms with Crippen LogP contribution in [-0.2, 0) is 17.0 Å². The molecule has 2 heterocycles. The molecule has 0 spiro atoms. The van der Waals surface area contributed by atoms with Crippen molar-refractivity contribution in [3.8, 4) is 0 Å². The van der Waals surface area contributed by atoms with Crippen LogP contribution in [0.2, 0.25) is 0 Å². The number of aromatic nitrogens is 4. The molecule has 0 aliphatic rings. The molecule has 0 amide bonds. The van der Waals surface area contributed by atoms with E-state index in [1.807, 2.05) is 0 Å². The van der Waals surface area contributed by atoms with Gasteiger partial charge in [-0.25, -0.2) is 9.48 Å². The van der Waals surface area contributed by atoms with Crippen LogP contribution in [0.4, 0.5) is 0 Å². The summed E-state index contributed by atoms with van der Waals surface area (Å²) in [7, 11) is 1.32. The summed E-state index contributed by atoms with van der Waals surface area (Å²) < 4.78 is 11.7. The molecule has 0 unspecified atom stereocenters. The second-order valence-electron chi connectivity index (χ2n) is 3.98. The maximum atomic E-state index is 11.4.